The van der Waals surface area contributed by atoms with Crippen LogP contribution in [0.3, 0.4) is 0 Å². The van der Waals surface area contributed by atoms with Crippen molar-refractivity contribution >= 4 is 0 Å². The van der Waals surface area contributed by atoms with Crippen LogP contribution in [0.25, 0.3) is 0 Å². The van der Waals surface area contributed by atoms with E-state index in [4.69, 9.17) is 4.74 Å². The molecule has 1 aromatic heterocycles. The third kappa shape index (κ3) is 6.06. The van der Waals surface area contributed by atoms with Crippen molar-refractivity contribution in [3.05, 3.63) is 24.0 Å². The van der Waals surface area contributed by atoms with Gasteiger partial charge in [-0.3, -0.25) is 4.98 Å². The SMILES string of the molecule is CCCCCCOc1ccc(C(CC)NCC)nc1. The Balaban J connectivity index is 2.38. The Hall–Kier alpha value is -1.09. The van der Waals surface area contributed by atoms with Crippen molar-refractivity contribution in [2.45, 2.75) is 58.9 Å². The number of hydrogen-bond acceptors (Lipinski definition) is 3. The number of aromatic nitrogens is 1. The molecule has 1 heterocycles. The van der Waals surface area contributed by atoms with Crippen LogP contribution in [0.5, 0.6) is 5.75 Å². The lowest BCUT2D eigenvalue weighted by molar-refractivity contribution is 0.303. The van der Waals surface area contributed by atoms with Gasteiger partial charge in [0, 0.05) is 6.04 Å². The summed E-state index contributed by atoms with van der Waals surface area (Å²) < 4.78 is 5.70. The molecule has 1 aromatic rings. The van der Waals surface area contributed by atoms with Crippen molar-refractivity contribution in [1.82, 2.24) is 10.3 Å². The Bertz CT molecular complexity index is 324. The lowest BCUT2D eigenvalue weighted by Gasteiger charge is -2.15. The van der Waals surface area contributed by atoms with Crippen molar-refractivity contribution in [3.8, 4) is 5.75 Å². The van der Waals surface area contributed by atoms with Gasteiger partial charge in [-0.25, -0.2) is 0 Å². The summed E-state index contributed by atoms with van der Waals surface area (Å²) >= 11 is 0. The minimum atomic E-state index is 0.351. The van der Waals surface area contributed by atoms with Gasteiger partial charge >= 0.3 is 0 Å². The van der Waals surface area contributed by atoms with Crippen LogP contribution in [0.15, 0.2) is 18.3 Å². The molecule has 3 heteroatoms. The molecule has 19 heavy (non-hydrogen) atoms. The first-order valence-electron chi connectivity index (χ1n) is 7.63. The van der Waals surface area contributed by atoms with Crippen LogP contribution < -0.4 is 10.1 Å². The zero-order valence-corrected chi connectivity index (χ0v) is 12.6. The molecule has 0 aliphatic carbocycles. The van der Waals surface area contributed by atoms with Gasteiger partial charge < -0.3 is 10.1 Å². The van der Waals surface area contributed by atoms with Gasteiger partial charge in [0.25, 0.3) is 0 Å². The highest BCUT2D eigenvalue weighted by molar-refractivity contribution is 5.21. The Morgan fingerprint density at radius 3 is 2.58 bits per heavy atom. The molecular formula is C16H28N2O. The second-order valence-electron chi connectivity index (χ2n) is 4.85. The van der Waals surface area contributed by atoms with Crippen molar-refractivity contribution in [3.63, 3.8) is 0 Å². The quantitative estimate of drug-likeness (QED) is 0.646. The molecule has 0 bridgehead atoms. The van der Waals surface area contributed by atoms with Crippen molar-refractivity contribution in [1.29, 1.82) is 0 Å². The predicted molar refractivity (Wildman–Crippen MR) is 80.6 cm³/mol. The van der Waals surface area contributed by atoms with E-state index in [9.17, 15) is 0 Å². The molecule has 0 fully saturated rings. The summed E-state index contributed by atoms with van der Waals surface area (Å²) in [5.74, 6) is 0.881. The Morgan fingerprint density at radius 2 is 2.00 bits per heavy atom. The first kappa shape index (κ1) is 16.0. The summed E-state index contributed by atoms with van der Waals surface area (Å²) in [4.78, 5) is 4.50. The van der Waals surface area contributed by atoms with Gasteiger partial charge in [-0.2, -0.15) is 0 Å². The Labute approximate surface area is 117 Å². The van der Waals surface area contributed by atoms with E-state index in [0.29, 0.717) is 6.04 Å². The Kier molecular flexibility index (Phi) is 8.23. The molecule has 0 saturated carbocycles. The molecule has 0 radical (unpaired) electrons. The molecule has 0 aliphatic heterocycles. The monoisotopic (exact) mass is 264 g/mol. The van der Waals surface area contributed by atoms with E-state index in [2.05, 4.69) is 37.1 Å². The number of ether oxygens (including phenoxy) is 1. The maximum Gasteiger partial charge on any atom is 0.137 e. The summed E-state index contributed by atoms with van der Waals surface area (Å²) in [5, 5.41) is 3.43. The highest BCUT2D eigenvalue weighted by Gasteiger charge is 2.08. The normalized spacial score (nSPS) is 12.4. The standard InChI is InChI=1S/C16H28N2O/c1-4-7-8-9-12-19-14-10-11-16(18-13-14)15(5-2)17-6-3/h10-11,13,15,17H,4-9,12H2,1-3H3. The fourth-order valence-electron chi connectivity index (χ4n) is 2.11. The van der Waals surface area contributed by atoms with E-state index in [-0.39, 0.29) is 0 Å². The van der Waals surface area contributed by atoms with E-state index in [1.807, 2.05) is 12.3 Å². The third-order valence-electron chi connectivity index (χ3n) is 3.24. The first-order valence-corrected chi connectivity index (χ1v) is 7.63. The van der Waals surface area contributed by atoms with Crippen LogP contribution in [-0.2, 0) is 0 Å². The fourth-order valence-corrected chi connectivity index (χ4v) is 2.11. The van der Waals surface area contributed by atoms with E-state index in [1.54, 1.807) is 0 Å². The second-order valence-corrected chi connectivity index (χ2v) is 4.85. The summed E-state index contributed by atoms with van der Waals surface area (Å²) in [5.41, 5.74) is 1.10. The first-order chi connectivity index (χ1) is 9.31. The van der Waals surface area contributed by atoms with Crippen molar-refractivity contribution < 1.29 is 4.74 Å². The molecule has 0 amide bonds. The molecule has 3 nitrogen and oxygen atoms in total. The van der Waals surface area contributed by atoms with Gasteiger partial charge in [-0.1, -0.05) is 40.0 Å². The predicted octanol–water partition coefficient (Wildman–Crippen LogP) is 4.10. The number of unbranched alkanes of at least 4 members (excludes halogenated alkanes) is 3. The molecular weight excluding hydrogens is 236 g/mol. The van der Waals surface area contributed by atoms with Crippen LogP contribution >= 0.6 is 0 Å². The topological polar surface area (TPSA) is 34.1 Å². The van der Waals surface area contributed by atoms with Crippen LogP contribution in [0.1, 0.15) is 64.6 Å². The van der Waals surface area contributed by atoms with Crippen LogP contribution in [0.4, 0.5) is 0 Å². The lowest BCUT2D eigenvalue weighted by Crippen LogP contribution is -2.20. The number of hydrogen-bond donors (Lipinski definition) is 1. The maximum atomic E-state index is 5.70. The van der Waals surface area contributed by atoms with E-state index in [1.165, 1.54) is 19.3 Å². The highest BCUT2D eigenvalue weighted by atomic mass is 16.5. The van der Waals surface area contributed by atoms with Crippen LogP contribution in [-0.4, -0.2) is 18.1 Å². The van der Waals surface area contributed by atoms with Crippen molar-refractivity contribution in [2.24, 2.45) is 0 Å². The zero-order chi connectivity index (χ0) is 13.9. The number of rotatable bonds is 10. The summed E-state index contributed by atoms with van der Waals surface area (Å²) in [7, 11) is 0. The highest BCUT2D eigenvalue weighted by Crippen LogP contribution is 2.17. The summed E-state index contributed by atoms with van der Waals surface area (Å²) in [6, 6.07) is 4.45. The summed E-state index contributed by atoms with van der Waals surface area (Å²) in [6.45, 7) is 8.28. The maximum absolute atomic E-state index is 5.70. The molecule has 1 rings (SSSR count). The fraction of sp³-hybridized carbons (Fsp3) is 0.688. The van der Waals surface area contributed by atoms with Gasteiger partial charge in [0.1, 0.15) is 5.75 Å². The number of nitrogens with zero attached hydrogens (tertiary/aromatic N) is 1. The van der Waals surface area contributed by atoms with Crippen LogP contribution in [0, 0.1) is 0 Å². The van der Waals surface area contributed by atoms with Gasteiger partial charge in [-0.05, 0) is 31.5 Å². The zero-order valence-electron chi connectivity index (χ0n) is 12.6. The van der Waals surface area contributed by atoms with Crippen molar-refractivity contribution in [2.75, 3.05) is 13.2 Å². The number of nitrogens with one attached hydrogen (secondary N) is 1. The van der Waals surface area contributed by atoms with Gasteiger partial charge in [-0.15, -0.1) is 0 Å². The van der Waals surface area contributed by atoms with Gasteiger partial charge in [0.05, 0.1) is 18.5 Å². The lowest BCUT2D eigenvalue weighted by atomic mass is 10.1. The largest absolute Gasteiger partial charge is 0.492 e. The Morgan fingerprint density at radius 1 is 1.16 bits per heavy atom. The smallest absolute Gasteiger partial charge is 0.137 e. The van der Waals surface area contributed by atoms with Crippen LogP contribution in [0.2, 0.25) is 0 Å². The molecule has 1 unspecified atom stereocenters. The second kappa shape index (κ2) is 9.79. The van der Waals surface area contributed by atoms with Gasteiger partial charge in [0.2, 0.25) is 0 Å². The van der Waals surface area contributed by atoms with E-state index < -0.39 is 0 Å². The summed E-state index contributed by atoms with van der Waals surface area (Å²) in [6.07, 6.45) is 7.83. The molecule has 0 aliphatic rings. The van der Waals surface area contributed by atoms with Gasteiger partial charge in [0.15, 0.2) is 0 Å². The average molecular weight is 264 g/mol. The minimum Gasteiger partial charge on any atom is -0.492 e. The van der Waals surface area contributed by atoms with E-state index >= 15 is 0 Å². The molecule has 0 aromatic carbocycles. The minimum absolute atomic E-state index is 0.351. The average Bonchev–Trinajstić information content (AvgIpc) is 2.45. The molecule has 1 atom stereocenters. The molecule has 0 spiro atoms. The molecule has 108 valence electrons. The third-order valence-corrected chi connectivity index (χ3v) is 3.24. The number of pyridine rings is 1. The molecule has 1 N–H and O–H groups in total. The van der Waals surface area contributed by atoms with E-state index in [0.717, 1.165) is 37.4 Å². The molecule has 0 saturated heterocycles.